The van der Waals surface area contributed by atoms with Crippen molar-refractivity contribution in [3.63, 3.8) is 0 Å². The molecule has 1 aliphatic rings. The highest BCUT2D eigenvalue weighted by Gasteiger charge is 2.20. The fourth-order valence-electron chi connectivity index (χ4n) is 2.81. The van der Waals surface area contributed by atoms with Crippen LogP contribution in [0.3, 0.4) is 0 Å². The number of morpholine rings is 1. The Hall–Kier alpha value is -3.58. The highest BCUT2D eigenvalue weighted by molar-refractivity contribution is 7.13. The largest absolute Gasteiger partial charge is 0.493 e. The summed E-state index contributed by atoms with van der Waals surface area (Å²) >= 11 is 1.34. The summed E-state index contributed by atoms with van der Waals surface area (Å²) in [6, 6.07) is 2.75. The van der Waals surface area contributed by atoms with E-state index in [1.807, 2.05) is 4.90 Å². The number of anilines is 1. The molecule has 1 aliphatic heterocycles. The standard InChI is InChI=1S/C19H23N5O7S/c1-28-13-7-11(8-14(29-2)16(13)31-9-15(20)25)17(26)22-23-18(27)12-10-32-19(21-12)24-3-5-30-6-4-24/h7-8,10H,3-6,9H2,1-2H3,(H2,20,25)(H,22,26)(H,23,27). The van der Waals surface area contributed by atoms with Gasteiger partial charge in [-0.2, -0.15) is 0 Å². The number of thiazole rings is 1. The number of hydrazine groups is 1. The van der Waals surface area contributed by atoms with Crippen molar-refractivity contribution in [3.8, 4) is 17.2 Å². The van der Waals surface area contributed by atoms with Gasteiger partial charge in [0, 0.05) is 24.0 Å². The first-order valence-corrected chi connectivity index (χ1v) is 10.4. The first kappa shape index (κ1) is 23.1. The maximum Gasteiger partial charge on any atom is 0.289 e. The second-order valence-electron chi connectivity index (χ2n) is 6.49. The second-order valence-corrected chi connectivity index (χ2v) is 7.32. The molecule has 3 amide bonds. The van der Waals surface area contributed by atoms with E-state index in [-0.39, 0.29) is 28.5 Å². The highest BCUT2D eigenvalue weighted by atomic mass is 32.1. The molecule has 1 fully saturated rings. The molecular weight excluding hydrogens is 442 g/mol. The van der Waals surface area contributed by atoms with Crippen LogP contribution in [-0.4, -0.2) is 69.8 Å². The number of ether oxygens (including phenoxy) is 4. The Morgan fingerprint density at radius 1 is 1.12 bits per heavy atom. The zero-order chi connectivity index (χ0) is 23.1. The molecule has 32 heavy (non-hydrogen) atoms. The van der Waals surface area contributed by atoms with Crippen molar-refractivity contribution in [2.75, 3.05) is 52.0 Å². The number of hydrogen-bond donors (Lipinski definition) is 3. The minimum atomic E-state index is -0.683. The van der Waals surface area contributed by atoms with E-state index < -0.39 is 24.3 Å². The third kappa shape index (κ3) is 5.56. The van der Waals surface area contributed by atoms with Gasteiger partial charge < -0.3 is 29.6 Å². The van der Waals surface area contributed by atoms with E-state index in [1.54, 1.807) is 5.38 Å². The number of nitrogens with two attached hydrogens (primary N) is 1. The van der Waals surface area contributed by atoms with Crippen molar-refractivity contribution in [2.24, 2.45) is 5.73 Å². The second kappa shape index (κ2) is 10.6. The topological polar surface area (TPSA) is 154 Å². The van der Waals surface area contributed by atoms with Gasteiger partial charge >= 0.3 is 0 Å². The molecule has 0 spiro atoms. The predicted octanol–water partition coefficient (Wildman–Crippen LogP) is -0.0642. The Labute approximate surface area is 187 Å². The molecule has 1 aromatic heterocycles. The number of carbonyl (C=O) groups is 3. The molecule has 172 valence electrons. The Balaban J connectivity index is 1.65. The van der Waals surface area contributed by atoms with Crippen molar-refractivity contribution in [2.45, 2.75) is 0 Å². The van der Waals surface area contributed by atoms with E-state index >= 15 is 0 Å². The van der Waals surface area contributed by atoms with Crippen LogP contribution in [-0.2, 0) is 9.53 Å². The molecular formula is C19H23N5O7S. The quantitative estimate of drug-likeness (QED) is 0.455. The number of nitrogens with zero attached hydrogens (tertiary/aromatic N) is 2. The SMILES string of the molecule is COc1cc(C(=O)NNC(=O)c2csc(N3CCOCC3)n2)cc(OC)c1OCC(N)=O. The van der Waals surface area contributed by atoms with Gasteiger partial charge in [0.2, 0.25) is 5.75 Å². The van der Waals surface area contributed by atoms with Crippen LogP contribution in [0.5, 0.6) is 17.2 Å². The van der Waals surface area contributed by atoms with Crippen molar-refractivity contribution in [3.05, 3.63) is 28.8 Å². The molecule has 2 aromatic rings. The van der Waals surface area contributed by atoms with Gasteiger partial charge in [-0.25, -0.2) is 4.98 Å². The molecule has 0 bridgehead atoms. The Morgan fingerprint density at radius 3 is 2.34 bits per heavy atom. The van der Waals surface area contributed by atoms with Crippen LogP contribution in [0.15, 0.2) is 17.5 Å². The molecule has 12 nitrogen and oxygen atoms in total. The van der Waals surface area contributed by atoms with E-state index in [2.05, 4.69) is 15.8 Å². The van der Waals surface area contributed by atoms with E-state index in [4.69, 9.17) is 24.7 Å². The van der Waals surface area contributed by atoms with Crippen LogP contribution < -0.4 is 35.7 Å². The molecule has 0 radical (unpaired) electrons. The zero-order valence-electron chi connectivity index (χ0n) is 17.5. The van der Waals surface area contributed by atoms with Crippen LogP contribution in [0.4, 0.5) is 5.13 Å². The molecule has 0 unspecified atom stereocenters. The van der Waals surface area contributed by atoms with Crippen LogP contribution >= 0.6 is 11.3 Å². The maximum atomic E-state index is 12.6. The molecule has 2 heterocycles. The molecule has 13 heteroatoms. The van der Waals surface area contributed by atoms with Crippen molar-refractivity contribution < 1.29 is 33.3 Å². The summed E-state index contributed by atoms with van der Waals surface area (Å²) in [7, 11) is 2.73. The average Bonchev–Trinajstić information content (AvgIpc) is 3.31. The van der Waals surface area contributed by atoms with Crippen molar-refractivity contribution in [1.29, 1.82) is 0 Å². The van der Waals surface area contributed by atoms with Crippen LogP contribution in [0.2, 0.25) is 0 Å². The van der Waals surface area contributed by atoms with Crippen molar-refractivity contribution in [1.82, 2.24) is 15.8 Å². The number of amides is 3. The highest BCUT2D eigenvalue weighted by Crippen LogP contribution is 2.38. The summed E-state index contributed by atoms with van der Waals surface area (Å²) < 4.78 is 21.1. The Bertz CT molecular complexity index is 965. The van der Waals surface area contributed by atoms with Crippen molar-refractivity contribution >= 4 is 34.2 Å². The van der Waals surface area contributed by atoms with Crippen LogP contribution in [0.25, 0.3) is 0 Å². The number of nitrogens with one attached hydrogen (secondary N) is 2. The summed E-state index contributed by atoms with van der Waals surface area (Å²) in [4.78, 5) is 42.3. The van der Waals surface area contributed by atoms with Gasteiger partial charge in [-0.1, -0.05) is 0 Å². The lowest BCUT2D eigenvalue weighted by Gasteiger charge is -2.25. The monoisotopic (exact) mass is 465 g/mol. The number of benzene rings is 1. The number of hydrogen-bond acceptors (Lipinski definition) is 10. The van der Waals surface area contributed by atoms with E-state index in [1.165, 1.54) is 37.7 Å². The minimum Gasteiger partial charge on any atom is -0.493 e. The lowest BCUT2D eigenvalue weighted by Crippen LogP contribution is -2.42. The molecule has 1 aromatic carbocycles. The van der Waals surface area contributed by atoms with Gasteiger partial charge in [-0.15, -0.1) is 11.3 Å². The number of carbonyl (C=O) groups excluding carboxylic acids is 3. The normalized spacial score (nSPS) is 13.2. The summed E-state index contributed by atoms with van der Waals surface area (Å²) in [5, 5.41) is 2.33. The van der Waals surface area contributed by atoms with Crippen LogP contribution in [0.1, 0.15) is 20.8 Å². The summed E-state index contributed by atoms with van der Waals surface area (Å²) in [5.74, 6) is -1.45. The van der Waals surface area contributed by atoms with Crippen LogP contribution in [0, 0.1) is 0 Å². The van der Waals surface area contributed by atoms with Gasteiger partial charge in [-0.05, 0) is 12.1 Å². The third-order valence-corrected chi connectivity index (χ3v) is 5.28. The molecule has 0 aliphatic carbocycles. The van der Waals surface area contributed by atoms with Gasteiger partial charge in [0.25, 0.3) is 17.7 Å². The number of primary amides is 1. The molecule has 0 atom stereocenters. The smallest absolute Gasteiger partial charge is 0.289 e. The van der Waals surface area contributed by atoms with Gasteiger partial charge in [0.1, 0.15) is 5.69 Å². The molecule has 3 rings (SSSR count). The Morgan fingerprint density at radius 2 is 1.75 bits per heavy atom. The zero-order valence-corrected chi connectivity index (χ0v) is 18.3. The van der Waals surface area contributed by atoms with E-state index in [0.717, 1.165) is 0 Å². The Kier molecular flexibility index (Phi) is 7.68. The third-order valence-electron chi connectivity index (χ3n) is 4.38. The summed E-state index contributed by atoms with van der Waals surface area (Å²) in [5.41, 5.74) is 10.1. The maximum absolute atomic E-state index is 12.6. The lowest BCUT2D eigenvalue weighted by molar-refractivity contribution is -0.120. The lowest BCUT2D eigenvalue weighted by atomic mass is 10.1. The molecule has 0 saturated carbocycles. The summed E-state index contributed by atoms with van der Waals surface area (Å²) in [6.45, 7) is 2.23. The predicted molar refractivity (Wildman–Crippen MR) is 114 cm³/mol. The first-order valence-electron chi connectivity index (χ1n) is 9.49. The van der Waals surface area contributed by atoms with Gasteiger partial charge in [0.05, 0.1) is 27.4 Å². The molecule has 4 N–H and O–H groups in total. The average molecular weight is 465 g/mol. The fourth-order valence-corrected chi connectivity index (χ4v) is 3.67. The van der Waals surface area contributed by atoms with Gasteiger partial charge in [-0.3, -0.25) is 25.2 Å². The fraction of sp³-hybridized carbons (Fsp3) is 0.368. The first-order chi connectivity index (χ1) is 15.4. The minimum absolute atomic E-state index is 0.118. The molecule has 1 saturated heterocycles. The van der Waals surface area contributed by atoms with Gasteiger partial charge in [0.15, 0.2) is 23.2 Å². The summed E-state index contributed by atoms with van der Waals surface area (Å²) in [6.07, 6.45) is 0. The number of aromatic nitrogens is 1. The number of methoxy groups -OCH3 is 2. The van der Waals surface area contributed by atoms with E-state index in [0.29, 0.717) is 31.4 Å². The number of rotatable bonds is 8. The van der Waals surface area contributed by atoms with E-state index in [9.17, 15) is 14.4 Å².